The highest BCUT2D eigenvalue weighted by molar-refractivity contribution is 8.16. The molecule has 0 aliphatic carbocycles. The quantitative estimate of drug-likeness (QED) is 0.820. The van der Waals surface area contributed by atoms with E-state index in [9.17, 15) is 17.6 Å². The Labute approximate surface area is 132 Å². The van der Waals surface area contributed by atoms with Crippen molar-refractivity contribution in [3.05, 3.63) is 30.1 Å². The third kappa shape index (κ3) is 2.77. The van der Waals surface area contributed by atoms with Gasteiger partial charge in [0.25, 0.3) is 0 Å². The number of hydrogen-bond acceptors (Lipinski definition) is 4. The van der Waals surface area contributed by atoms with Crippen LogP contribution in [0.5, 0.6) is 0 Å². The molecular formula is C14H15FN2O3S2. The number of nitrogens with zero attached hydrogens (tertiary/aromatic N) is 2. The van der Waals surface area contributed by atoms with Crippen molar-refractivity contribution in [1.29, 1.82) is 0 Å². The largest absolute Gasteiger partial charge is 0.313 e. The van der Waals surface area contributed by atoms with Crippen LogP contribution in [0, 0.1) is 5.82 Å². The molecule has 1 aromatic rings. The van der Waals surface area contributed by atoms with E-state index in [-0.39, 0.29) is 40.8 Å². The first-order valence-corrected chi connectivity index (χ1v) is 9.64. The minimum Gasteiger partial charge on any atom is -0.313 e. The van der Waals surface area contributed by atoms with Crippen LogP contribution in [0.2, 0.25) is 0 Å². The van der Waals surface area contributed by atoms with Gasteiger partial charge in [-0.1, -0.05) is 30.8 Å². The minimum absolute atomic E-state index is 0.0343. The number of thioether (sulfide) groups is 1. The minimum atomic E-state index is -3.14. The highest BCUT2D eigenvalue weighted by Crippen LogP contribution is 2.41. The lowest BCUT2D eigenvalue weighted by molar-refractivity contribution is -0.117. The van der Waals surface area contributed by atoms with Gasteiger partial charge in [-0.3, -0.25) is 4.79 Å². The number of amidine groups is 1. The van der Waals surface area contributed by atoms with E-state index in [2.05, 4.69) is 4.99 Å². The van der Waals surface area contributed by atoms with Crippen LogP contribution in [0.25, 0.3) is 0 Å². The molecule has 0 unspecified atom stereocenters. The van der Waals surface area contributed by atoms with Gasteiger partial charge in [0.2, 0.25) is 5.91 Å². The zero-order chi connectivity index (χ0) is 15.9. The zero-order valence-corrected chi connectivity index (χ0v) is 13.5. The smallest absolute Gasteiger partial charge is 0.247 e. The van der Waals surface area contributed by atoms with Gasteiger partial charge in [0, 0.05) is 11.7 Å². The maximum atomic E-state index is 14.1. The lowest BCUT2D eigenvalue weighted by atomic mass is 10.2. The van der Waals surface area contributed by atoms with E-state index in [4.69, 9.17) is 0 Å². The molecule has 2 aliphatic heterocycles. The average molecular weight is 342 g/mol. The van der Waals surface area contributed by atoms with Gasteiger partial charge in [-0.15, -0.1) is 0 Å². The van der Waals surface area contributed by atoms with Gasteiger partial charge < -0.3 is 4.90 Å². The van der Waals surface area contributed by atoms with Crippen molar-refractivity contribution < 1.29 is 17.6 Å². The molecule has 2 aliphatic rings. The van der Waals surface area contributed by atoms with Crippen LogP contribution in [0.4, 0.5) is 10.1 Å². The molecule has 0 spiro atoms. The highest BCUT2D eigenvalue weighted by Gasteiger charge is 2.49. The fraction of sp³-hybridized carbons (Fsp3) is 0.429. The second-order valence-corrected chi connectivity index (χ2v) is 8.62. The molecule has 1 aromatic carbocycles. The summed E-state index contributed by atoms with van der Waals surface area (Å²) >= 11 is 1.25. The molecule has 0 saturated carbocycles. The number of aliphatic imine (C=N–C) groups is 1. The Morgan fingerprint density at radius 1 is 1.41 bits per heavy atom. The van der Waals surface area contributed by atoms with Gasteiger partial charge in [-0.2, -0.15) is 4.99 Å². The van der Waals surface area contributed by atoms with Gasteiger partial charge >= 0.3 is 0 Å². The Kier molecular flexibility index (Phi) is 3.98. The van der Waals surface area contributed by atoms with Crippen molar-refractivity contribution in [3.63, 3.8) is 0 Å². The maximum absolute atomic E-state index is 14.1. The van der Waals surface area contributed by atoms with E-state index in [0.717, 1.165) is 0 Å². The lowest BCUT2D eigenvalue weighted by Crippen LogP contribution is -2.38. The second kappa shape index (κ2) is 5.66. The fourth-order valence-corrected chi connectivity index (χ4v) is 6.60. The van der Waals surface area contributed by atoms with Gasteiger partial charge in [-0.25, -0.2) is 12.8 Å². The molecule has 5 nitrogen and oxygen atoms in total. The summed E-state index contributed by atoms with van der Waals surface area (Å²) in [5.41, 5.74) is 0.266. The Hall–Kier alpha value is -1.41. The summed E-state index contributed by atoms with van der Waals surface area (Å²) in [5, 5.41) is 0.176. The predicted octanol–water partition coefficient (Wildman–Crippen LogP) is 1.84. The van der Waals surface area contributed by atoms with E-state index >= 15 is 0 Å². The summed E-state index contributed by atoms with van der Waals surface area (Å²) < 4.78 is 37.8. The fourth-order valence-electron chi connectivity index (χ4n) is 2.68. The molecule has 8 heteroatoms. The Morgan fingerprint density at radius 2 is 2.14 bits per heavy atom. The molecule has 0 radical (unpaired) electrons. The van der Waals surface area contributed by atoms with Gasteiger partial charge in [0.15, 0.2) is 15.0 Å². The number of rotatable bonds is 2. The first-order valence-electron chi connectivity index (χ1n) is 6.93. The average Bonchev–Trinajstić information content (AvgIpc) is 2.91. The molecule has 3 rings (SSSR count). The number of amides is 1. The van der Waals surface area contributed by atoms with Crippen LogP contribution in [-0.2, 0) is 14.6 Å². The molecule has 2 fully saturated rings. The van der Waals surface area contributed by atoms with E-state index in [1.807, 2.05) is 0 Å². The number of carbonyl (C=O) groups is 1. The molecule has 1 amide bonds. The summed E-state index contributed by atoms with van der Waals surface area (Å²) in [6.45, 7) is 1.70. The number of benzene rings is 1. The highest BCUT2D eigenvalue weighted by atomic mass is 32.2. The summed E-state index contributed by atoms with van der Waals surface area (Å²) in [4.78, 5) is 17.2. The third-order valence-electron chi connectivity index (χ3n) is 3.70. The molecule has 0 bridgehead atoms. The monoisotopic (exact) mass is 342 g/mol. The Bertz CT molecular complexity index is 748. The molecular weight excluding hydrogens is 327 g/mol. The van der Waals surface area contributed by atoms with Crippen LogP contribution >= 0.6 is 11.8 Å². The number of fused-ring (bicyclic) bond motifs is 1. The number of hydrogen-bond donors (Lipinski definition) is 0. The molecule has 0 N–H and O–H groups in total. The SMILES string of the molecule is CCC(=O)N=C1S[C@H]2CS(=O)(=O)C[C@H]2N1c1ccccc1F. The summed E-state index contributed by atoms with van der Waals surface area (Å²) in [6, 6.07) is 5.76. The molecule has 2 atom stereocenters. The number of carbonyl (C=O) groups excluding carboxylic acids is 1. The van der Waals surface area contributed by atoms with Crippen molar-refractivity contribution in [1.82, 2.24) is 0 Å². The van der Waals surface area contributed by atoms with Gasteiger partial charge in [0.05, 0.1) is 23.2 Å². The molecule has 2 heterocycles. The van der Waals surface area contributed by atoms with Crippen LogP contribution in [0.1, 0.15) is 13.3 Å². The number of halogens is 1. The molecule has 2 saturated heterocycles. The summed E-state index contributed by atoms with van der Waals surface area (Å²) in [5.74, 6) is -0.762. The van der Waals surface area contributed by atoms with E-state index in [0.29, 0.717) is 5.17 Å². The van der Waals surface area contributed by atoms with Crippen molar-refractivity contribution in [3.8, 4) is 0 Å². The van der Waals surface area contributed by atoms with Gasteiger partial charge in [-0.05, 0) is 12.1 Å². The Balaban J connectivity index is 2.05. The van der Waals surface area contributed by atoms with Crippen LogP contribution in [0.15, 0.2) is 29.3 Å². The molecule has 0 aromatic heterocycles. The molecule has 22 heavy (non-hydrogen) atoms. The summed E-state index contributed by atoms with van der Waals surface area (Å²) in [7, 11) is -3.14. The lowest BCUT2D eigenvalue weighted by Gasteiger charge is -2.24. The predicted molar refractivity (Wildman–Crippen MR) is 85.4 cm³/mol. The van der Waals surface area contributed by atoms with E-state index in [1.54, 1.807) is 30.0 Å². The Morgan fingerprint density at radius 3 is 2.82 bits per heavy atom. The van der Waals surface area contributed by atoms with Crippen LogP contribution in [0.3, 0.4) is 0 Å². The molecule has 118 valence electrons. The first kappa shape index (κ1) is 15.5. The van der Waals surface area contributed by atoms with Crippen molar-refractivity contribution in [2.45, 2.75) is 24.6 Å². The second-order valence-electron chi connectivity index (χ2n) is 5.26. The third-order valence-corrected chi connectivity index (χ3v) is 6.91. The van der Waals surface area contributed by atoms with E-state index in [1.165, 1.54) is 17.8 Å². The zero-order valence-electron chi connectivity index (χ0n) is 11.9. The van der Waals surface area contributed by atoms with Crippen molar-refractivity contribution >= 4 is 38.4 Å². The maximum Gasteiger partial charge on any atom is 0.247 e. The number of sulfone groups is 1. The summed E-state index contributed by atoms with van der Waals surface area (Å²) in [6.07, 6.45) is 0.253. The van der Waals surface area contributed by atoms with Crippen LogP contribution < -0.4 is 4.90 Å². The van der Waals surface area contributed by atoms with E-state index < -0.39 is 15.7 Å². The standard InChI is InChI=1S/C14H15FN2O3S2/c1-2-13(18)16-14-17(10-6-4-3-5-9(10)15)11-7-22(19,20)8-12(11)21-14/h3-6,11-12H,2,7-8H2,1H3/t11-,12+/m1/s1. The topological polar surface area (TPSA) is 66.8 Å². The number of para-hydroxylation sites is 1. The van der Waals surface area contributed by atoms with Crippen LogP contribution in [-0.4, -0.2) is 42.3 Å². The van der Waals surface area contributed by atoms with Crippen molar-refractivity contribution in [2.24, 2.45) is 4.99 Å². The van der Waals surface area contributed by atoms with Crippen molar-refractivity contribution in [2.75, 3.05) is 16.4 Å². The normalized spacial score (nSPS) is 28.1. The number of anilines is 1. The van der Waals surface area contributed by atoms with Gasteiger partial charge in [0.1, 0.15) is 5.82 Å². The first-order chi connectivity index (χ1) is 10.4.